The summed E-state index contributed by atoms with van der Waals surface area (Å²) >= 11 is 0. The molecule has 0 aliphatic carbocycles. The average molecular weight is 403 g/mol. The fraction of sp³-hybridized carbons (Fsp3) is 0.444. The number of hydrogen-bond acceptors (Lipinski definition) is 3. The first-order valence-electron chi connectivity index (χ1n) is 8.51. The molecule has 9 heteroatoms. The Kier molecular flexibility index (Phi) is 6.54. The van der Waals surface area contributed by atoms with Gasteiger partial charge in [-0.1, -0.05) is 24.6 Å². The summed E-state index contributed by atoms with van der Waals surface area (Å²) in [6, 6.07) is 6.29. The highest BCUT2D eigenvalue weighted by atomic mass is 35.5. The Balaban J connectivity index is 0.00000261. The summed E-state index contributed by atoms with van der Waals surface area (Å²) in [5.41, 5.74) is -0.341. The van der Waals surface area contributed by atoms with Crippen LogP contribution in [0, 0.1) is 12.8 Å². The molecule has 2 N–H and O–H groups in total. The van der Waals surface area contributed by atoms with E-state index < -0.39 is 23.3 Å². The quantitative estimate of drug-likeness (QED) is 0.827. The molecule has 1 aliphatic rings. The Morgan fingerprint density at radius 1 is 1.30 bits per heavy atom. The van der Waals surface area contributed by atoms with E-state index in [2.05, 4.69) is 15.7 Å². The number of nitrogens with one attached hydrogen (secondary N) is 2. The van der Waals surface area contributed by atoms with Gasteiger partial charge in [0, 0.05) is 12.6 Å². The summed E-state index contributed by atoms with van der Waals surface area (Å²) in [7, 11) is 0. The van der Waals surface area contributed by atoms with Crippen molar-refractivity contribution in [1.82, 2.24) is 20.4 Å². The number of piperidine rings is 1. The lowest BCUT2D eigenvalue weighted by molar-refractivity contribution is -0.143. The van der Waals surface area contributed by atoms with Crippen molar-refractivity contribution in [3.8, 4) is 5.69 Å². The minimum Gasteiger partial charge on any atom is -0.348 e. The molecule has 2 atom stereocenters. The van der Waals surface area contributed by atoms with Crippen LogP contribution in [0.25, 0.3) is 5.69 Å². The smallest absolute Gasteiger partial charge is 0.348 e. The molecular weight excluding hydrogens is 381 g/mol. The first-order valence-corrected chi connectivity index (χ1v) is 8.51. The molecule has 2 heterocycles. The molecule has 1 aromatic carbocycles. The van der Waals surface area contributed by atoms with Crippen LogP contribution >= 0.6 is 12.4 Å². The van der Waals surface area contributed by atoms with E-state index in [-0.39, 0.29) is 30.1 Å². The van der Waals surface area contributed by atoms with Crippen molar-refractivity contribution in [2.75, 3.05) is 13.1 Å². The molecule has 1 aromatic heterocycles. The maximum atomic E-state index is 13.7. The normalized spacial score (nSPS) is 20.0. The van der Waals surface area contributed by atoms with Crippen LogP contribution in [0.15, 0.2) is 30.5 Å². The number of alkyl halides is 3. The number of halogens is 4. The molecule has 5 nitrogen and oxygen atoms in total. The predicted molar refractivity (Wildman–Crippen MR) is 98.5 cm³/mol. The largest absolute Gasteiger partial charge is 0.434 e. The zero-order valence-corrected chi connectivity index (χ0v) is 15.8. The third kappa shape index (κ3) is 4.62. The van der Waals surface area contributed by atoms with Crippen molar-refractivity contribution in [2.45, 2.75) is 32.5 Å². The molecule has 3 rings (SSSR count). The van der Waals surface area contributed by atoms with E-state index in [1.165, 1.54) is 0 Å². The molecule has 2 aromatic rings. The standard InChI is InChI=1S/C18H21F3N4O.ClH/c1-11-3-5-13(6-4-11)25-16(18(19,20)21)14(9-23-25)17(26)24-15-10-22-8-7-12(15)2;/h3-6,9,12,15,22H,7-8,10H2,1-2H3,(H,24,26);1H. The van der Waals surface area contributed by atoms with Crippen molar-refractivity contribution >= 4 is 18.3 Å². The monoisotopic (exact) mass is 402 g/mol. The second-order valence-corrected chi connectivity index (χ2v) is 6.70. The summed E-state index contributed by atoms with van der Waals surface area (Å²) in [4.78, 5) is 12.5. The number of aromatic nitrogens is 2. The second-order valence-electron chi connectivity index (χ2n) is 6.70. The fourth-order valence-corrected chi connectivity index (χ4v) is 3.10. The van der Waals surface area contributed by atoms with Crippen LogP contribution in [-0.2, 0) is 6.18 Å². The molecule has 0 radical (unpaired) electrons. The Labute approximate surface area is 161 Å². The van der Waals surface area contributed by atoms with Crippen molar-refractivity contribution in [1.29, 1.82) is 0 Å². The van der Waals surface area contributed by atoms with Crippen LogP contribution in [-0.4, -0.2) is 34.8 Å². The van der Waals surface area contributed by atoms with Crippen LogP contribution in [0.2, 0.25) is 0 Å². The number of benzene rings is 1. The van der Waals surface area contributed by atoms with E-state index >= 15 is 0 Å². The maximum absolute atomic E-state index is 13.7. The number of amides is 1. The first-order chi connectivity index (χ1) is 12.3. The maximum Gasteiger partial charge on any atom is 0.434 e. The van der Waals surface area contributed by atoms with Gasteiger partial charge in [0.25, 0.3) is 5.91 Å². The Bertz CT molecular complexity index is 789. The van der Waals surface area contributed by atoms with E-state index in [4.69, 9.17) is 0 Å². The third-order valence-corrected chi connectivity index (χ3v) is 4.70. The Morgan fingerprint density at radius 2 is 1.96 bits per heavy atom. The average Bonchev–Trinajstić information content (AvgIpc) is 3.03. The van der Waals surface area contributed by atoms with Gasteiger partial charge in [-0.15, -0.1) is 12.4 Å². The molecule has 1 saturated heterocycles. The molecule has 1 amide bonds. The SMILES string of the molecule is Cc1ccc(-n2ncc(C(=O)NC3CNCCC3C)c2C(F)(F)F)cc1.Cl. The van der Waals surface area contributed by atoms with Crippen LogP contribution in [0.3, 0.4) is 0 Å². The lowest BCUT2D eigenvalue weighted by atomic mass is 9.94. The highest BCUT2D eigenvalue weighted by molar-refractivity contribution is 5.95. The molecular formula is C18H22ClF3N4O. The van der Waals surface area contributed by atoms with Gasteiger partial charge in [-0.2, -0.15) is 18.3 Å². The molecule has 148 valence electrons. The summed E-state index contributed by atoms with van der Waals surface area (Å²) in [5.74, 6) is -0.557. The Morgan fingerprint density at radius 3 is 2.56 bits per heavy atom. The van der Waals surface area contributed by atoms with Crippen LogP contribution in [0.5, 0.6) is 0 Å². The number of hydrogen-bond donors (Lipinski definition) is 2. The summed E-state index contributed by atoms with van der Waals surface area (Å²) in [6.45, 7) is 5.20. The molecule has 0 bridgehead atoms. The van der Waals surface area contributed by atoms with E-state index in [0.29, 0.717) is 6.54 Å². The van der Waals surface area contributed by atoms with Gasteiger partial charge in [0.15, 0.2) is 5.69 Å². The summed E-state index contributed by atoms with van der Waals surface area (Å²) in [6.07, 6.45) is -2.86. The zero-order chi connectivity index (χ0) is 18.9. The van der Waals surface area contributed by atoms with Gasteiger partial charge in [0.05, 0.1) is 17.4 Å². The highest BCUT2D eigenvalue weighted by Gasteiger charge is 2.41. The molecule has 1 fully saturated rings. The number of carbonyl (C=O) groups is 1. The third-order valence-electron chi connectivity index (χ3n) is 4.70. The Hall–Kier alpha value is -2.06. The van der Waals surface area contributed by atoms with E-state index in [0.717, 1.165) is 29.4 Å². The van der Waals surface area contributed by atoms with Crippen LogP contribution < -0.4 is 10.6 Å². The zero-order valence-electron chi connectivity index (χ0n) is 15.0. The van der Waals surface area contributed by atoms with Crippen molar-refractivity contribution in [2.24, 2.45) is 5.92 Å². The lowest BCUT2D eigenvalue weighted by Gasteiger charge is -2.30. The van der Waals surface area contributed by atoms with Gasteiger partial charge in [0.1, 0.15) is 0 Å². The van der Waals surface area contributed by atoms with Crippen molar-refractivity contribution in [3.05, 3.63) is 47.3 Å². The second kappa shape index (κ2) is 8.31. The van der Waals surface area contributed by atoms with E-state index in [9.17, 15) is 18.0 Å². The minimum atomic E-state index is -4.70. The van der Waals surface area contributed by atoms with Gasteiger partial charge >= 0.3 is 6.18 Å². The van der Waals surface area contributed by atoms with Gasteiger partial charge in [-0.05, 0) is 37.9 Å². The lowest BCUT2D eigenvalue weighted by Crippen LogP contribution is -2.50. The first kappa shape index (κ1) is 21.2. The predicted octanol–water partition coefficient (Wildman–Crippen LogP) is 3.35. The topological polar surface area (TPSA) is 59.0 Å². The number of aryl methyl sites for hydroxylation is 1. The van der Waals surface area contributed by atoms with Crippen molar-refractivity contribution < 1.29 is 18.0 Å². The highest BCUT2D eigenvalue weighted by Crippen LogP contribution is 2.33. The van der Waals surface area contributed by atoms with Gasteiger partial charge in [0.2, 0.25) is 0 Å². The number of nitrogens with zero attached hydrogens (tertiary/aromatic N) is 2. The minimum absolute atomic E-state index is 0. The van der Waals surface area contributed by atoms with Gasteiger partial charge < -0.3 is 10.6 Å². The fourth-order valence-electron chi connectivity index (χ4n) is 3.10. The van der Waals surface area contributed by atoms with Gasteiger partial charge in [-0.3, -0.25) is 4.79 Å². The number of carbonyl (C=O) groups excluding carboxylic acids is 1. The molecule has 0 saturated carbocycles. The van der Waals surface area contributed by atoms with Gasteiger partial charge in [-0.25, -0.2) is 4.68 Å². The molecule has 0 spiro atoms. The summed E-state index contributed by atoms with van der Waals surface area (Å²) in [5, 5.41) is 9.70. The molecule has 27 heavy (non-hydrogen) atoms. The summed E-state index contributed by atoms with van der Waals surface area (Å²) < 4.78 is 41.8. The van der Waals surface area contributed by atoms with Crippen LogP contribution in [0.4, 0.5) is 13.2 Å². The number of rotatable bonds is 3. The molecule has 2 unspecified atom stereocenters. The molecule has 1 aliphatic heterocycles. The van der Waals surface area contributed by atoms with E-state index in [1.54, 1.807) is 24.3 Å². The van der Waals surface area contributed by atoms with Crippen molar-refractivity contribution in [3.63, 3.8) is 0 Å². The van der Waals surface area contributed by atoms with E-state index in [1.807, 2.05) is 13.8 Å². The van der Waals surface area contributed by atoms with Crippen LogP contribution in [0.1, 0.15) is 35.0 Å².